The number of rotatable bonds is 5. The summed E-state index contributed by atoms with van der Waals surface area (Å²) in [5.74, 6) is 1.31. The third kappa shape index (κ3) is 3.63. The molecule has 29 heavy (non-hydrogen) atoms. The van der Waals surface area contributed by atoms with E-state index < -0.39 is 0 Å². The number of hydrogen-bond donors (Lipinski definition) is 0. The van der Waals surface area contributed by atoms with E-state index in [0.29, 0.717) is 36.9 Å². The van der Waals surface area contributed by atoms with Gasteiger partial charge in [0.25, 0.3) is 0 Å². The number of piperidine rings is 1. The van der Waals surface area contributed by atoms with E-state index in [-0.39, 0.29) is 11.8 Å². The third-order valence-electron chi connectivity index (χ3n) is 5.40. The largest absolute Gasteiger partial charge is 0.342 e. The standard InChI is InChI=1S/C22H21N5O2/c28-20-10-9-17(14-27(20)13-11-16-6-2-1-3-7-16)22-24-21(25-29-22)18-15-26-12-5-4-8-19(26)23-18/h1-8,12,15,17H,9-11,13-14H2/t17-/m1/s1. The average Bonchev–Trinajstić information content (AvgIpc) is 3.41. The first-order chi connectivity index (χ1) is 14.3. The van der Waals surface area contributed by atoms with Gasteiger partial charge in [-0.1, -0.05) is 41.6 Å². The number of carbonyl (C=O) groups excluding carboxylic acids is 1. The summed E-state index contributed by atoms with van der Waals surface area (Å²) in [6.45, 7) is 1.31. The minimum absolute atomic E-state index is 0.0572. The second kappa shape index (κ2) is 7.50. The van der Waals surface area contributed by atoms with Crippen LogP contribution < -0.4 is 0 Å². The van der Waals surface area contributed by atoms with Crippen LogP contribution in [0.3, 0.4) is 0 Å². The van der Waals surface area contributed by atoms with Crippen LogP contribution in [0.1, 0.15) is 30.2 Å². The van der Waals surface area contributed by atoms with Crippen LogP contribution in [0.25, 0.3) is 17.2 Å². The molecule has 0 saturated carbocycles. The highest BCUT2D eigenvalue weighted by molar-refractivity contribution is 5.77. The summed E-state index contributed by atoms with van der Waals surface area (Å²) in [5, 5.41) is 4.13. The molecule has 146 valence electrons. The first-order valence-corrected chi connectivity index (χ1v) is 9.86. The van der Waals surface area contributed by atoms with Crippen LogP contribution >= 0.6 is 0 Å². The van der Waals surface area contributed by atoms with Gasteiger partial charge >= 0.3 is 0 Å². The Morgan fingerprint density at radius 1 is 1.07 bits per heavy atom. The molecule has 3 aromatic heterocycles. The lowest BCUT2D eigenvalue weighted by atomic mass is 9.97. The highest BCUT2D eigenvalue weighted by Gasteiger charge is 2.30. The molecule has 0 aliphatic carbocycles. The summed E-state index contributed by atoms with van der Waals surface area (Å²) < 4.78 is 7.48. The quantitative estimate of drug-likeness (QED) is 0.525. The van der Waals surface area contributed by atoms with Crippen molar-refractivity contribution < 1.29 is 9.32 Å². The molecular weight excluding hydrogens is 366 g/mol. The molecule has 1 saturated heterocycles. The molecule has 1 amide bonds. The first kappa shape index (κ1) is 17.6. The molecule has 1 fully saturated rings. The number of carbonyl (C=O) groups is 1. The summed E-state index contributed by atoms with van der Waals surface area (Å²) in [6.07, 6.45) is 5.90. The summed E-state index contributed by atoms with van der Waals surface area (Å²) in [7, 11) is 0. The molecule has 4 heterocycles. The number of imidazole rings is 1. The molecule has 1 atom stereocenters. The summed E-state index contributed by atoms with van der Waals surface area (Å²) in [6, 6.07) is 16.0. The summed E-state index contributed by atoms with van der Waals surface area (Å²) in [5.41, 5.74) is 2.75. The Balaban J connectivity index is 1.30. The fourth-order valence-electron chi connectivity index (χ4n) is 3.79. The maximum absolute atomic E-state index is 12.4. The van der Waals surface area contributed by atoms with Crippen molar-refractivity contribution in [1.82, 2.24) is 24.4 Å². The fraction of sp³-hybridized carbons (Fsp3) is 0.273. The van der Waals surface area contributed by atoms with Crippen molar-refractivity contribution >= 4 is 11.6 Å². The molecule has 1 aliphatic heterocycles. The Kier molecular flexibility index (Phi) is 4.56. The summed E-state index contributed by atoms with van der Waals surface area (Å²) in [4.78, 5) is 23.4. The molecule has 0 bridgehead atoms. The molecule has 0 radical (unpaired) electrons. The van der Waals surface area contributed by atoms with Gasteiger partial charge in [0.2, 0.25) is 17.6 Å². The minimum atomic E-state index is 0.0572. The highest BCUT2D eigenvalue weighted by Crippen LogP contribution is 2.28. The Morgan fingerprint density at radius 2 is 1.93 bits per heavy atom. The second-order valence-corrected chi connectivity index (χ2v) is 7.36. The van der Waals surface area contributed by atoms with Gasteiger partial charge in [0, 0.05) is 31.9 Å². The molecule has 5 rings (SSSR count). The lowest BCUT2D eigenvalue weighted by Crippen LogP contribution is -2.40. The number of hydrogen-bond acceptors (Lipinski definition) is 5. The van der Waals surface area contributed by atoms with Gasteiger partial charge in [-0.05, 0) is 30.5 Å². The molecular formula is C22H21N5O2. The van der Waals surface area contributed by atoms with Crippen molar-refractivity contribution in [2.24, 2.45) is 0 Å². The van der Waals surface area contributed by atoms with Crippen molar-refractivity contribution in [3.05, 3.63) is 72.4 Å². The number of amides is 1. The Hall–Kier alpha value is -3.48. The Bertz CT molecular complexity index is 1100. The van der Waals surface area contributed by atoms with E-state index in [1.165, 1.54) is 5.56 Å². The van der Waals surface area contributed by atoms with Crippen LogP contribution in [0.15, 0.2) is 65.4 Å². The maximum atomic E-state index is 12.4. The molecule has 0 spiro atoms. The highest BCUT2D eigenvalue weighted by atomic mass is 16.5. The molecule has 1 aliphatic rings. The number of likely N-dealkylation sites (tertiary alicyclic amines) is 1. The summed E-state index contributed by atoms with van der Waals surface area (Å²) >= 11 is 0. The van der Waals surface area contributed by atoms with Gasteiger partial charge in [-0.25, -0.2) is 4.98 Å². The maximum Gasteiger partial charge on any atom is 0.231 e. The number of nitrogens with zero attached hydrogens (tertiary/aromatic N) is 5. The Morgan fingerprint density at radius 3 is 2.79 bits per heavy atom. The monoisotopic (exact) mass is 387 g/mol. The molecule has 0 unspecified atom stereocenters. The van der Waals surface area contributed by atoms with Crippen molar-refractivity contribution in [1.29, 1.82) is 0 Å². The number of fused-ring (bicyclic) bond motifs is 1. The minimum Gasteiger partial charge on any atom is -0.342 e. The Labute approximate surface area is 168 Å². The van der Waals surface area contributed by atoms with Crippen molar-refractivity contribution in [2.75, 3.05) is 13.1 Å². The van der Waals surface area contributed by atoms with E-state index in [1.807, 2.05) is 58.1 Å². The zero-order chi connectivity index (χ0) is 19.6. The predicted molar refractivity (Wildman–Crippen MR) is 107 cm³/mol. The van der Waals surface area contributed by atoms with Crippen molar-refractivity contribution in [2.45, 2.75) is 25.2 Å². The molecule has 4 aromatic rings. The van der Waals surface area contributed by atoms with Gasteiger partial charge < -0.3 is 13.8 Å². The van der Waals surface area contributed by atoms with E-state index in [9.17, 15) is 4.79 Å². The van der Waals surface area contributed by atoms with Crippen LogP contribution in [0, 0.1) is 0 Å². The normalized spacial score (nSPS) is 17.2. The van der Waals surface area contributed by atoms with Crippen LogP contribution in [0.2, 0.25) is 0 Å². The number of benzene rings is 1. The topological polar surface area (TPSA) is 76.5 Å². The van der Waals surface area contributed by atoms with Gasteiger partial charge in [0.1, 0.15) is 11.3 Å². The second-order valence-electron chi connectivity index (χ2n) is 7.36. The molecule has 1 aromatic carbocycles. The lowest BCUT2D eigenvalue weighted by molar-refractivity contribution is -0.133. The van der Waals surface area contributed by atoms with E-state index in [1.54, 1.807) is 0 Å². The average molecular weight is 387 g/mol. The zero-order valence-electron chi connectivity index (χ0n) is 15.9. The lowest BCUT2D eigenvalue weighted by Gasteiger charge is -2.31. The smallest absolute Gasteiger partial charge is 0.231 e. The SMILES string of the molecule is O=C1CC[C@@H](c2nc(-c3cn4ccccc4n3)no2)CN1CCc1ccccc1. The van der Waals surface area contributed by atoms with Crippen LogP contribution in [-0.2, 0) is 11.2 Å². The molecule has 7 nitrogen and oxygen atoms in total. The third-order valence-corrected chi connectivity index (χ3v) is 5.40. The van der Waals surface area contributed by atoms with E-state index >= 15 is 0 Å². The van der Waals surface area contributed by atoms with Gasteiger partial charge in [-0.15, -0.1) is 0 Å². The van der Waals surface area contributed by atoms with E-state index in [0.717, 1.165) is 18.5 Å². The van der Waals surface area contributed by atoms with Gasteiger partial charge in [-0.3, -0.25) is 4.79 Å². The van der Waals surface area contributed by atoms with Gasteiger partial charge in [0.05, 0.1) is 5.92 Å². The predicted octanol–water partition coefficient (Wildman–Crippen LogP) is 3.33. The van der Waals surface area contributed by atoms with E-state index in [2.05, 4.69) is 27.3 Å². The molecule has 0 N–H and O–H groups in total. The number of aromatic nitrogens is 4. The van der Waals surface area contributed by atoms with Crippen molar-refractivity contribution in [3.63, 3.8) is 0 Å². The van der Waals surface area contributed by atoms with Crippen molar-refractivity contribution in [3.8, 4) is 11.5 Å². The zero-order valence-corrected chi connectivity index (χ0v) is 15.9. The van der Waals surface area contributed by atoms with E-state index in [4.69, 9.17) is 4.52 Å². The van der Waals surface area contributed by atoms with Crippen LogP contribution in [0.4, 0.5) is 0 Å². The first-order valence-electron chi connectivity index (χ1n) is 9.86. The number of pyridine rings is 1. The van der Waals surface area contributed by atoms with Crippen LogP contribution in [-0.4, -0.2) is 43.4 Å². The van der Waals surface area contributed by atoms with Crippen LogP contribution in [0.5, 0.6) is 0 Å². The van der Waals surface area contributed by atoms with Gasteiger partial charge in [0.15, 0.2) is 0 Å². The fourth-order valence-corrected chi connectivity index (χ4v) is 3.79. The van der Waals surface area contributed by atoms with Gasteiger partial charge in [-0.2, -0.15) is 4.98 Å². The molecule has 7 heteroatoms.